The summed E-state index contributed by atoms with van der Waals surface area (Å²) in [5, 5.41) is 0.393. The molecule has 0 saturated carbocycles. The van der Waals surface area contributed by atoms with Gasteiger partial charge in [-0.3, -0.25) is 4.90 Å². The molecule has 1 aliphatic heterocycles. The fourth-order valence-electron chi connectivity index (χ4n) is 2.04. The minimum absolute atomic E-state index is 0.393. The summed E-state index contributed by atoms with van der Waals surface area (Å²) in [7, 11) is 0. The van der Waals surface area contributed by atoms with E-state index >= 15 is 0 Å². The van der Waals surface area contributed by atoms with Gasteiger partial charge in [0.05, 0.1) is 13.2 Å². The minimum atomic E-state index is 0.393. The van der Waals surface area contributed by atoms with Crippen molar-refractivity contribution in [3.63, 3.8) is 0 Å². The van der Waals surface area contributed by atoms with Gasteiger partial charge in [-0.05, 0) is 30.6 Å². The van der Waals surface area contributed by atoms with Gasteiger partial charge in [-0.15, -0.1) is 0 Å². The number of ether oxygens (including phenoxy) is 1. The van der Waals surface area contributed by atoms with Crippen LogP contribution in [0.3, 0.4) is 0 Å². The second-order valence-electron chi connectivity index (χ2n) is 4.35. The van der Waals surface area contributed by atoms with Crippen LogP contribution in [-0.4, -0.2) is 40.9 Å². The molecule has 0 aliphatic carbocycles. The summed E-state index contributed by atoms with van der Waals surface area (Å²) in [4.78, 5) is 2.35. The lowest BCUT2D eigenvalue weighted by Crippen LogP contribution is -2.25. The zero-order chi connectivity index (χ0) is 11.9. The molecule has 3 nitrogen and oxygen atoms in total. The number of hydrogen-bond donors (Lipinski definition) is 1. The molecule has 4 heteroatoms. The topological polar surface area (TPSA) is 32.7 Å². The van der Waals surface area contributed by atoms with Gasteiger partial charge in [0.25, 0.3) is 0 Å². The maximum atomic E-state index is 8.96. The molecule has 1 heterocycles. The Morgan fingerprint density at radius 2 is 2.18 bits per heavy atom. The number of benzene rings is 1. The van der Waals surface area contributed by atoms with Crippen LogP contribution in [0.25, 0.3) is 0 Å². The molecule has 1 aliphatic rings. The van der Waals surface area contributed by atoms with E-state index in [2.05, 4.69) is 17.0 Å². The van der Waals surface area contributed by atoms with Crippen molar-refractivity contribution in [2.45, 2.75) is 18.3 Å². The van der Waals surface area contributed by atoms with Crippen LogP contribution >= 0.6 is 12.0 Å². The van der Waals surface area contributed by atoms with Gasteiger partial charge < -0.3 is 9.29 Å². The summed E-state index contributed by atoms with van der Waals surface area (Å²) in [6.07, 6.45) is 1.08. The standard InChI is InChI=1S/C13H19NO2S/c15-17-13-6-7-14(10-13)8-9-16-11-12-4-2-1-3-5-12/h1-5,13,15H,6-11H2. The number of hydrogen-bond acceptors (Lipinski definition) is 4. The predicted molar refractivity (Wildman–Crippen MR) is 71.2 cm³/mol. The lowest BCUT2D eigenvalue weighted by atomic mass is 10.2. The average molecular weight is 253 g/mol. The third-order valence-corrected chi connectivity index (χ3v) is 3.72. The van der Waals surface area contributed by atoms with Crippen LogP contribution in [0, 0.1) is 0 Å². The molecule has 1 fully saturated rings. The third kappa shape index (κ3) is 4.32. The molecular formula is C13H19NO2S. The van der Waals surface area contributed by atoms with Crippen LogP contribution in [0.2, 0.25) is 0 Å². The van der Waals surface area contributed by atoms with E-state index in [0.29, 0.717) is 11.9 Å². The van der Waals surface area contributed by atoms with Gasteiger partial charge in [0.2, 0.25) is 0 Å². The smallest absolute Gasteiger partial charge is 0.0717 e. The fraction of sp³-hybridized carbons (Fsp3) is 0.538. The van der Waals surface area contributed by atoms with Crippen molar-refractivity contribution in [2.24, 2.45) is 0 Å². The van der Waals surface area contributed by atoms with Gasteiger partial charge in [0.1, 0.15) is 0 Å². The van der Waals surface area contributed by atoms with E-state index < -0.39 is 0 Å². The Hall–Kier alpha value is -0.550. The van der Waals surface area contributed by atoms with Crippen molar-refractivity contribution >= 4 is 12.0 Å². The highest BCUT2D eigenvalue weighted by Crippen LogP contribution is 2.19. The lowest BCUT2D eigenvalue weighted by molar-refractivity contribution is 0.0993. The Labute approximate surface area is 107 Å². The number of rotatable bonds is 6. The molecule has 0 spiro atoms. The van der Waals surface area contributed by atoms with Gasteiger partial charge in [0, 0.05) is 18.3 Å². The first-order chi connectivity index (χ1) is 8.38. The molecule has 1 aromatic rings. The van der Waals surface area contributed by atoms with Crippen molar-refractivity contribution in [1.82, 2.24) is 4.90 Å². The molecule has 1 saturated heterocycles. The van der Waals surface area contributed by atoms with E-state index in [4.69, 9.17) is 9.29 Å². The summed E-state index contributed by atoms with van der Waals surface area (Å²) < 4.78 is 14.6. The van der Waals surface area contributed by atoms with Crippen LogP contribution < -0.4 is 0 Å². The number of nitrogens with zero attached hydrogens (tertiary/aromatic N) is 1. The molecule has 2 rings (SSSR count). The fourth-order valence-corrected chi connectivity index (χ4v) is 2.53. The molecule has 94 valence electrons. The van der Waals surface area contributed by atoms with Gasteiger partial charge in [-0.25, -0.2) is 0 Å². The van der Waals surface area contributed by atoms with Crippen molar-refractivity contribution in [3.8, 4) is 0 Å². The van der Waals surface area contributed by atoms with Crippen molar-refractivity contribution < 1.29 is 9.29 Å². The van der Waals surface area contributed by atoms with Crippen molar-refractivity contribution in [1.29, 1.82) is 0 Å². The molecule has 0 radical (unpaired) electrons. The maximum absolute atomic E-state index is 8.96. The Balaban J connectivity index is 1.58. The zero-order valence-electron chi connectivity index (χ0n) is 9.92. The number of likely N-dealkylation sites (tertiary alicyclic amines) is 1. The molecule has 0 bridgehead atoms. The SMILES string of the molecule is OSC1CCN(CCOCc2ccccc2)C1. The largest absolute Gasteiger partial charge is 0.375 e. The highest BCUT2D eigenvalue weighted by atomic mass is 32.2. The van der Waals surface area contributed by atoms with Crippen LogP contribution in [-0.2, 0) is 11.3 Å². The first kappa shape index (κ1) is 12.9. The maximum Gasteiger partial charge on any atom is 0.0717 e. The molecule has 1 aromatic carbocycles. The van der Waals surface area contributed by atoms with Crippen molar-refractivity contribution in [2.75, 3.05) is 26.2 Å². The van der Waals surface area contributed by atoms with E-state index in [1.54, 1.807) is 0 Å². The van der Waals surface area contributed by atoms with E-state index in [9.17, 15) is 0 Å². The normalized spacial score (nSPS) is 20.9. The molecule has 17 heavy (non-hydrogen) atoms. The molecule has 1 atom stereocenters. The molecule has 0 aromatic heterocycles. The summed E-state index contributed by atoms with van der Waals surface area (Å²) in [6, 6.07) is 10.2. The summed E-state index contributed by atoms with van der Waals surface area (Å²) in [5.41, 5.74) is 1.22. The van der Waals surface area contributed by atoms with E-state index in [1.165, 1.54) is 5.56 Å². The van der Waals surface area contributed by atoms with E-state index in [0.717, 1.165) is 44.7 Å². The Morgan fingerprint density at radius 1 is 1.35 bits per heavy atom. The average Bonchev–Trinajstić information content (AvgIpc) is 2.84. The Morgan fingerprint density at radius 3 is 2.88 bits per heavy atom. The monoisotopic (exact) mass is 253 g/mol. The quantitative estimate of drug-likeness (QED) is 0.623. The summed E-state index contributed by atoms with van der Waals surface area (Å²) >= 11 is 0.990. The Kier molecular flexibility index (Phi) is 5.32. The van der Waals surface area contributed by atoms with Crippen LogP contribution in [0.15, 0.2) is 30.3 Å². The van der Waals surface area contributed by atoms with Gasteiger partial charge in [-0.2, -0.15) is 0 Å². The molecule has 1 unspecified atom stereocenters. The zero-order valence-corrected chi connectivity index (χ0v) is 10.7. The second-order valence-corrected chi connectivity index (χ2v) is 5.23. The molecule has 0 amide bonds. The van der Waals surface area contributed by atoms with E-state index in [-0.39, 0.29) is 0 Å². The van der Waals surface area contributed by atoms with E-state index in [1.807, 2.05) is 18.2 Å². The summed E-state index contributed by atoms with van der Waals surface area (Å²) in [6.45, 7) is 4.47. The van der Waals surface area contributed by atoms with Crippen LogP contribution in [0.1, 0.15) is 12.0 Å². The molecular weight excluding hydrogens is 234 g/mol. The highest BCUT2D eigenvalue weighted by Gasteiger charge is 2.21. The van der Waals surface area contributed by atoms with Crippen molar-refractivity contribution in [3.05, 3.63) is 35.9 Å². The first-order valence-corrected chi connectivity index (χ1v) is 6.86. The second kappa shape index (κ2) is 7.01. The third-order valence-electron chi connectivity index (χ3n) is 3.04. The Bertz CT molecular complexity index is 320. The first-order valence-electron chi connectivity index (χ1n) is 6.03. The van der Waals surface area contributed by atoms with Crippen LogP contribution in [0.5, 0.6) is 0 Å². The lowest BCUT2D eigenvalue weighted by Gasteiger charge is -2.15. The minimum Gasteiger partial charge on any atom is -0.375 e. The highest BCUT2D eigenvalue weighted by molar-refractivity contribution is 7.94. The van der Waals surface area contributed by atoms with Gasteiger partial charge in [0.15, 0.2) is 0 Å². The molecule has 1 N–H and O–H groups in total. The van der Waals surface area contributed by atoms with Crippen LogP contribution in [0.4, 0.5) is 0 Å². The van der Waals surface area contributed by atoms with Gasteiger partial charge in [-0.1, -0.05) is 30.3 Å². The predicted octanol–water partition coefficient (Wildman–Crippen LogP) is 2.48. The van der Waals surface area contributed by atoms with Gasteiger partial charge >= 0.3 is 0 Å². The summed E-state index contributed by atoms with van der Waals surface area (Å²) in [5.74, 6) is 0.